The third-order valence-electron chi connectivity index (χ3n) is 2.21. The van der Waals surface area contributed by atoms with E-state index in [4.69, 9.17) is 4.74 Å². The van der Waals surface area contributed by atoms with Crippen molar-refractivity contribution < 1.29 is 9.53 Å². The summed E-state index contributed by atoms with van der Waals surface area (Å²) in [7, 11) is 0. The molecule has 0 atom stereocenters. The topological polar surface area (TPSA) is 38.3 Å². The van der Waals surface area contributed by atoms with Crippen LogP contribution in [0.15, 0.2) is 0 Å². The number of carbonyl (C=O) groups is 1. The minimum Gasteiger partial charge on any atom is -0.439 e. The first-order chi connectivity index (χ1) is 5.72. The van der Waals surface area contributed by atoms with E-state index in [9.17, 15) is 4.79 Å². The Morgan fingerprint density at radius 2 is 2.33 bits per heavy atom. The molecule has 0 aromatic carbocycles. The van der Waals surface area contributed by atoms with Gasteiger partial charge < -0.3 is 10.1 Å². The average Bonchev–Trinajstić information content (AvgIpc) is 2.82. The number of nitrogens with one attached hydrogen (secondary N) is 1. The van der Waals surface area contributed by atoms with Crippen LogP contribution in [0.2, 0.25) is 0 Å². The SMILES string of the molecule is CCC1(NC(=O)OCSC)CC1. The van der Waals surface area contributed by atoms with Crippen molar-refractivity contribution in [3.05, 3.63) is 0 Å². The van der Waals surface area contributed by atoms with Gasteiger partial charge >= 0.3 is 6.09 Å². The van der Waals surface area contributed by atoms with E-state index < -0.39 is 0 Å². The van der Waals surface area contributed by atoms with Crippen LogP contribution in [0.5, 0.6) is 0 Å². The van der Waals surface area contributed by atoms with Crippen LogP contribution in [0.25, 0.3) is 0 Å². The van der Waals surface area contributed by atoms with Crippen LogP contribution in [0.1, 0.15) is 26.2 Å². The molecule has 0 saturated heterocycles. The lowest BCUT2D eigenvalue weighted by Crippen LogP contribution is -2.36. The molecule has 0 aliphatic heterocycles. The maximum atomic E-state index is 11.1. The van der Waals surface area contributed by atoms with E-state index in [1.807, 2.05) is 6.26 Å². The molecule has 1 aliphatic carbocycles. The van der Waals surface area contributed by atoms with Gasteiger partial charge in [0.15, 0.2) is 0 Å². The van der Waals surface area contributed by atoms with Gasteiger partial charge in [-0.15, -0.1) is 11.8 Å². The van der Waals surface area contributed by atoms with Crippen LogP contribution in [0.3, 0.4) is 0 Å². The zero-order valence-corrected chi connectivity index (χ0v) is 8.37. The predicted molar refractivity (Wildman–Crippen MR) is 50.3 cm³/mol. The number of hydrogen-bond acceptors (Lipinski definition) is 3. The lowest BCUT2D eigenvalue weighted by molar-refractivity contribution is 0.159. The van der Waals surface area contributed by atoms with Crippen LogP contribution in [0.4, 0.5) is 4.79 Å². The molecule has 0 aromatic heterocycles. The summed E-state index contributed by atoms with van der Waals surface area (Å²) in [5.41, 5.74) is 0.0789. The van der Waals surface area contributed by atoms with Gasteiger partial charge in [0, 0.05) is 5.54 Å². The number of amides is 1. The molecule has 4 heteroatoms. The van der Waals surface area contributed by atoms with Crippen molar-refractivity contribution in [2.24, 2.45) is 0 Å². The zero-order valence-electron chi connectivity index (χ0n) is 7.55. The Balaban J connectivity index is 2.17. The first-order valence-electron chi connectivity index (χ1n) is 4.16. The van der Waals surface area contributed by atoms with E-state index in [2.05, 4.69) is 12.2 Å². The molecule has 0 aromatic rings. The number of alkyl carbamates (subject to hydrolysis) is 1. The molecule has 0 radical (unpaired) electrons. The quantitative estimate of drug-likeness (QED) is 0.687. The molecule has 3 nitrogen and oxygen atoms in total. The molecule has 1 N–H and O–H groups in total. The Morgan fingerprint density at radius 3 is 2.75 bits per heavy atom. The average molecular weight is 189 g/mol. The highest BCUT2D eigenvalue weighted by Gasteiger charge is 2.42. The van der Waals surface area contributed by atoms with Crippen molar-refractivity contribution in [1.82, 2.24) is 5.32 Å². The standard InChI is InChI=1S/C8H15NO2S/c1-3-8(4-5-8)9-7(10)11-6-12-2/h3-6H2,1-2H3,(H,9,10). The van der Waals surface area contributed by atoms with Gasteiger partial charge in [0.05, 0.1) is 0 Å². The molecule has 0 spiro atoms. The highest BCUT2D eigenvalue weighted by atomic mass is 32.2. The Kier molecular flexibility index (Phi) is 3.26. The smallest absolute Gasteiger partial charge is 0.408 e. The molecule has 1 rings (SSSR count). The van der Waals surface area contributed by atoms with Crippen LogP contribution >= 0.6 is 11.8 Å². The van der Waals surface area contributed by atoms with Crippen molar-refractivity contribution >= 4 is 17.9 Å². The summed E-state index contributed by atoms with van der Waals surface area (Å²) in [5, 5.41) is 2.88. The van der Waals surface area contributed by atoms with E-state index in [1.54, 1.807) is 0 Å². The summed E-state index contributed by atoms with van der Waals surface area (Å²) in [4.78, 5) is 11.1. The van der Waals surface area contributed by atoms with Gasteiger partial charge in [-0.3, -0.25) is 0 Å². The molecule has 0 heterocycles. The van der Waals surface area contributed by atoms with Gasteiger partial charge in [0.25, 0.3) is 0 Å². The second-order valence-corrected chi connectivity index (χ2v) is 3.91. The molecular weight excluding hydrogens is 174 g/mol. The lowest BCUT2D eigenvalue weighted by Gasteiger charge is -2.14. The molecule has 1 saturated carbocycles. The maximum absolute atomic E-state index is 11.1. The molecule has 1 amide bonds. The minimum absolute atomic E-state index is 0.0789. The normalized spacial score (nSPS) is 18.5. The fourth-order valence-electron chi connectivity index (χ4n) is 1.08. The number of rotatable bonds is 4. The first kappa shape index (κ1) is 9.71. The van der Waals surface area contributed by atoms with E-state index >= 15 is 0 Å². The third-order valence-corrected chi connectivity index (χ3v) is 2.56. The van der Waals surface area contributed by atoms with Gasteiger partial charge in [0.1, 0.15) is 5.94 Å². The van der Waals surface area contributed by atoms with Gasteiger partial charge in [0.2, 0.25) is 0 Å². The van der Waals surface area contributed by atoms with E-state index in [0.29, 0.717) is 5.94 Å². The van der Waals surface area contributed by atoms with Crippen molar-refractivity contribution in [3.63, 3.8) is 0 Å². The van der Waals surface area contributed by atoms with E-state index in [0.717, 1.165) is 19.3 Å². The van der Waals surface area contributed by atoms with Crippen LogP contribution in [-0.2, 0) is 4.74 Å². The zero-order chi connectivity index (χ0) is 9.03. The van der Waals surface area contributed by atoms with Crippen molar-refractivity contribution in [3.8, 4) is 0 Å². The minimum atomic E-state index is -0.274. The molecule has 12 heavy (non-hydrogen) atoms. The number of hydrogen-bond donors (Lipinski definition) is 1. The van der Waals surface area contributed by atoms with Crippen molar-refractivity contribution in [2.75, 3.05) is 12.2 Å². The Morgan fingerprint density at radius 1 is 1.67 bits per heavy atom. The Bertz CT molecular complexity index is 168. The number of thioether (sulfide) groups is 1. The molecular formula is C8H15NO2S. The molecule has 70 valence electrons. The summed E-state index contributed by atoms with van der Waals surface area (Å²) in [6.07, 6.45) is 4.82. The van der Waals surface area contributed by atoms with Gasteiger partial charge in [-0.2, -0.15) is 0 Å². The van der Waals surface area contributed by atoms with Crippen LogP contribution in [-0.4, -0.2) is 23.8 Å². The summed E-state index contributed by atoms with van der Waals surface area (Å²) in [6, 6.07) is 0. The van der Waals surface area contributed by atoms with Gasteiger partial charge in [-0.25, -0.2) is 4.79 Å². The lowest BCUT2D eigenvalue weighted by atomic mass is 10.2. The fourth-order valence-corrected chi connectivity index (χ4v) is 1.31. The second kappa shape index (κ2) is 4.03. The highest BCUT2D eigenvalue weighted by molar-refractivity contribution is 7.98. The Hall–Kier alpha value is -0.380. The van der Waals surface area contributed by atoms with Crippen LogP contribution in [0, 0.1) is 0 Å². The van der Waals surface area contributed by atoms with Crippen molar-refractivity contribution in [1.29, 1.82) is 0 Å². The summed E-state index contributed by atoms with van der Waals surface area (Å²) in [5.74, 6) is 0.436. The molecule has 1 fully saturated rings. The largest absolute Gasteiger partial charge is 0.439 e. The van der Waals surface area contributed by atoms with Crippen molar-refractivity contribution in [2.45, 2.75) is 31.7 Å². The Labute approximate surface area is 77.2 Å². The van der Waals surface area contributed by atoms with Gasteiger partial charge in [-0.05, 0) is 25.5 Å². The first-order valence-corrected chi connectivity index (χ1v) is 5.56. The van der Waals surface area contributed by atoms with Crippen LogP contribution < -0.4 is 5.32 Å². The molecule has 0 bridgehead atoms. The summed E-state index contributed by atoms with van der Waals surface area (Å²) < 4.78 is 4.88. The second-order valence-electron chi connectivity index (χ2n) is 3.10. The van der Waals surface area contributed by atoms with E-state index in [-0.39, 0.29) is 11.6 Å². The highest BCUT2D eigenvalue weighted by Crippen LogP contribution is 2.38. The molecule has 0 unspecified atom stereocenters. The predicted octanol–water partition coefficient (Wildman–Crippen LogP) is 1.98. The van der Waals surface area contributed by atoms with Gasteiger partial charge in [-0.1, -0.05) is 6.92 Å². The number of carbonyl (C=O) groups excluding carboxylic acids is 1. The molecule has 1 aliphatic rings. The summed E-state index contributed by atoms with van der Waals surface area (Å²) >= 11 is 1.50. The maximum Gasteiger partial charge on any atom is 0.408 e. The number of ether oxygens (including phenoxy) is 1. The summed E-state index contributed by atoms with van der Waals surface area (Å²) in [6.45, 7) is 2.09. The monoisotopic (exact) mass is 189 g/mol. The van der Waals surface area contributed by atoms with E-state index in [1.165, 1.54) is 11.8 Å². The fraction of sp³-hybridized carbons (Fsp3) is 0.875. The third kappa shape index (κ3) is 2.59.